The van der Waals surface area contributed by atoms with Gasteiger partial charge in [-0.2, -0.15) is 0 Å². The van der Waals surface area contributed by atoms with E-state index in [4.69, 9.17) is 15.2 Å². The summed E-state index contributed by atoms with van der Waals surface area (Å²) in [4.78, 5) is 0. The molecule has 1 aromatic carbocycles. The second kappa shape index (κ2) is 5.81. The Morgan fingerprint density at radius 2 is 2.11 bits per heavy atom. The SMILES string of the molecule is COCc1c(CN)nnn1-c1cc(C)ccc1OC. The summed E-state index contributed by atoms with van der Waals surface area (Å²) in [5, 5.41) is 8.24. The van der Waals surface area contributed by atoms with Crippen molar-refractivity contribution < 1.29 is 9.47 Å². The van der Waals surface area contributed by atoms with Crippen LogP contribution in [0.25, 0.3) is 5.69 Å². The van der Waals surface area contributed by atoms with E-state index in [1.54, 1.807) is 18.9 Å². The predicted molar refractivity (Wildman–Crippen MR) is 71.3 cm³/mol. The van der Waals surface area contributed by atoms with Crippen LogP contribution in [0.15, 0.2) is 18.2 Å². The average Bonchev–Trinajstić information content (AvgIpc) is 2.82. The number of aromatic nitrogens is 3. The van der Waals surface area contributed by atoms with Gasteiger partial charge in [-0.1, -0.05) is 11.3 Å². The molecule has 0 aliphatic carbocycles. The molecular weight excluding hydrogens is 244 g/mol. The number of rotatable bonds is 5. The first-order valence-electron chi connectivity index (χ1n) is 5.98. The van der Waals surface area contributed by atoms with Gasteiger partial charge in [-0.05, 0) is 24.6 Å². The highest BCUT2D eigenvalue weighted by Gasteiger charge is 2.16. The number of hydrogen-bond donors (Lipinski definition) is 1. The molecule has 102 valence electrons. The van der Waals surface area contributed by atoms with Gasteiger partial charge < -0.3 is 15.2 Å². The maximum Gasteiger partial charge on any atom is 0.144 e. The Bertz CT molecular complexity index is 566. The summed E-state index contributed by atoms with van der Waals surface area (Å²) in [6.45, 7) is 2.74. The minimum Gasteiger partial charge on any atom is -0.494 e. The summed E-state index contributed by atoms with van der Waals surface area (Å²) < 4.78 is 12.3. The van der Waals surface area contributed by atoms with Crippen LogP contribution in [0, 0.1) is 6.92 Å². The van der Waals surface area contributed by atoms with Gasteiger partial charge in [-0.15, -0.1) is 5.10 Å². The lowest BCUT2D eigenvalue weighted by molar-refractivity contribution is 0.178. The molecule has 0 radical (unpaired) electrons. The lowest BCUT2D eigenvalue weighted by atomic mass is 10.2. The summed E-state index contributed by atoms with van der Waals surface area (Å²) in [5.41, 5.74) is 9.19. The molecule has 2 N–H and O–H groups in total. The number of nitrogens with zero attached hydrogens (tertiary/aromatic N) is 3. The Kier molecular flexibility index (Phi) is 4.13. The van der Waals surface area contributed by atoms with Crippen LogP contribution in [-0.4, -0.2) is 29.2 Å². The number of methoxy groups -OCH3 is 2. The Morgan fingerprint density at radius 3 is 2.74 bits per heavy atom. The highest BCUT2D eigenvalue weighted by atomic mass is 16.5. The van der Waals surface area contributed by atoms with Gasteiger partial charge in [0.15, 0.2) is 0 Å². The van der Waals surface area contributed by atoms with Crippen molar-refractivity contribution in [1.29, 1.82) is 0 Å². The van der Waals surface area contributed by atoms with Gasteiger partial charge in [0.25, 0.3) is 0 Å². The Hall–Kier alpha value is -1.92. The van der Waals surface area contributed by atoms with Crippen molar-refractivity contribution in [1.82, 2.24) is 15.0 Å². The van der Waals surface area contributed by atoms with Gasteiger partial charge in [0, 0.05) is 13.7 Å². The number of benzene rings is 1. The summed E-state index contributed by atoms with van der Waals surface area (Å²) in [7, 11) is 3.26. The number of nitrogens with two attached hydrogens (primary N) is 1. The van der Waals surface area contributed by atoms with Crippen molar-refractivity contribution in [3.63, 3.8) is 0 Å². The van der Waals surface area contributed by atoms with Crippen LogP contribution in [0.1, 0.15) is 17.0 Å². The van der Waals surface area contributed by atoms with Crippen molar-refractivity contribution in [3.05, 3.63) is 35.2 Å². The molecule has 0 atom stereocenters. The van der Waals surface area contributed by atoms with E-state index in [-0.39, 0.29) is 0 Å². The van der Waals surface area contributed by atoms with E-state index in [9.17, 15) is 0 Å². The molecule has 0 fully saturated rings. The lowest BCUT2D eigenvalue weighted by Gasteiger charge is -2.11. The summed E-state index contributed by atoms with van der Waals surface area (Å²) in [5.74, 6) is 0.733. The number of ether oxygens (including phenoxy) is 2. The maximum atomic E-state index is 5.67. The first-order chi connectivity index (χ1) is 9.21. The topological polar surface area (TPSA) is 75.2 Å². The van der Waals surface area contributed by atoms with Crippen molar-refractivity contribution in [2.75, 3.05) is 14.2 Å². The van der Waals surface area contributed by atoms with E-state index < -0.39 is 0 Å². The molecule has 0 bridgehead atoms. The monoisotopic (exact) mass is 262 g/mol. The molecule has 19 heavy (non-hydrogen) atoms. The van der Waals surface area contributed by atoms with Gasteiger partial charge in [0.1, 0.15) is 17.1 Å². The molecule has 2 aromatic rings. The van der Waals surface area contributed by atoms with Crippen LogP contribution in [0.2, 0.25) is 0 Å². The highest BCUT2D eigenvalue weighted by molar-refractivity contribution is 5.49. The third kappa shape index (κ3) is 2.59. The van der Waals surface area contributed by atoms with E-state index in [2.05, 4.69) is 10.3 Å². The van der Waals surface area contributed by atoms with Gasteiger partial charge in [-0.3, -0.25) is 0 Å². The van der Waals surface area contributed by atoms with Crippen LogP contribution >= 0.6 is 0 Å². The summed E-state index contributed by atoms with van der Waals surface area (Å²) in [6, 6.07) is 5.89. The fourth-order valence-electron chi connectivity index (χ4n) is 1.93. The van der Waals surface area contributed by atoms with Crippen molar-refractivity contribution in [2.45, 2.75) is 20.1 Å². The molecule has 0 aliphatic rings. The van der Waals surface area contributed by atoms with Crippen LogP contribution in [0.3, 0.4) is 0 Å². The molecule has 0 spiro atoms. The third-order valence-electron chi connectivity index (χ3n) is 2.88. The summed E-state index contributed by atoms with van der Waals surface area (Å²) in [6.07, 6.45) is 0. The minimum atomic E-state index is 0.326. The quantitative estimate of drug-likeness (QED) is 0.876. The highest BCUT2D eigenvalue weighted by Crippen LogP contribution is 2.25. The second-order valence-electron chi connectivity index (χ2n) is 4.21. The maximum absolute atomic E-state index is 5.67. The van der Waals surface area contributed by atoms with E-state index in [0.717, 1.165) is 28.4 Å². The molecular formula is C13H18N4O2. The van der Waals surface area contributed by atoms with Crippen molar-refractivity contribution in [3.8, 4) is 11.4 Å². The average molecular weight is 262 g/mol. The molecule has 1 aromatic heterocycles. The van der Waals surface area contributed by atoms with Gasteiger partial charge in [0.05, 0.1) is 19.4 Å². The minimum absolute atomic E-state index is 0.326. The van der Waals surface area contributed by atoms with E-state index in [0.29, 0.717) is 13.2 Å². The van der Waals surface area contributed by atoms with Crippen LogP contribution in [-0.2, 0) is 17.9 Å². The second-order valence-corrected chi connectivity index (χ2v) is 4.21. The molecule has 2 rings (SSSR count). The predicted octanol–water partition coefficient (Wildman–Crippen LogP) is 1.19. The van der Waals surface area contributed by atoms with Crippen LogP contribution in [0.5, 0.6) is 5.75 Å². The largest absolute Gasteiger partial charge is 0.494 e. The van der Waals surface area contributed by atoms with E-state index >= 15 is 0 Å². The Balaban J connectivity index is 2.57. The smallest absolute Gasteiger partial charge is 0.144 e. The first-order valence-corrected chi connectivity index (χ1v) is 5.98. The zero-order chi connectivity index (χ0) is 13.8. The van der Waals surface area contributed by atoms with E-state index in [1.165, 1.54) is 0 Å². The van der Waals surface area contributed by atoms with Crippen LogP contribution < -0.4 is 10.5 Å². The van der Waals surface area contributed by atoms with Crippen molar-refractivity contribution in [2.24, 2.45) is 5.73 Å². The molecule has 0 saturated carbocycles. The number of hydrogen-bond acceptors (Lipinski definition) is 5. The first kappa shape index (κ1) is 13.5. The molecule has 6 heteroatoms. The van der Waals surface area contributed by atoms with Gasteiger partial charge in [0.2, 0.25) is 0 Å². The third-order valence-corrected chi connectivity index (χ3v) is 2.88. The molecule has 0 unspecified atom stereocenters. The van der Waals surface area contributed by atoms with Crippen molar-refractivity contribution >= 4 is 0 Å². The molecule has 0 amide bonds. The molecule has 1 heterocycles. The normalized spacial score (nSPS) is 10.7. The standard InChI is InChI=1S/C13H18N4O2/c1-9-4-5-13(19-3)11(6-9)17-12(8-18-2)10(7-14)15-16-17/h4-6H,7-8,14H2,1-3H3. The number of aryl methyl sites for hydroxylation is 1. The lowest BCUT2D eigenvalue weighted by Crippen LogP contribution is -2.08. The van der Waals surface area contributed by atoms with Gasteiger partial charge in [-0.25, -0.2) is 4.68 Å². The molecule has 6 nitrogen and oxygen atoms in total. The van der Waals surface area contributed by atoms with Gasteiger partial charge >= 0.3 is 0 Å². The fourth-order valence-corrected chi connectivity index (χ4v) is 1.93. The molecule has 0 saturated heterocycles. The Morgan fingerprint density at radius 1 is 1.32 bits per heavy atom. The van der Waals surface area contributed by atoms with Crippen LogP contribution in [0.4, 0.5) is 0 Å². The zero-order valence-electron chi connectivity index (χ0n) is 11.4. The fraction of sp³-hybridized carbons (Fsp3) is 0.385. The molecule has 0 aliphatic heterocycles. The van der Waals surface area contributed by atoms with E-state index in [1.807, 2.05) is 25.1 Å². The zero-order valence-corrected chi connectivity index (χ0v) is 11.4. The Labute approximate surface area is 112 Å². The summed E-state index contributed by atoms with van der Waals surface area (Å²) >= 11 is 0.